The minimum atomic E-state index is 0.477. The summed E-state index contributed by atoms with van der Waals surface area (Å²) >= 11 is 1.84. The molecule has 1 fully saturated rings. The minimum absolute atomic E-state index is 0.477. The van der Waals surface area contributed by atoms with E-state index in [9.17, 15) is 0 Å². The molecule has 1 heterocycles. The fraction of sp³-hybridized carbons (Fsp3) is 0.562. The number of thioether (sulfide) groups is 1. The lowest BCUT2D eigenvalue weighted by atomic mass is 10.1. The molecular weight excluding hydrogens is 268 g/mol. The average molecular weight is 290 g/mol. The third-order valence-corrected chi connectivity index (χ3v) is 4.82. The fourth-order valence-corrected chi connectivity index (χ4v) is 3.26. The number of nitrogens with zero attached hydrogens (tertiary/aromatic N) is 1. The van der Waals surface area contributed by atoms with E-state index >= 15 is 0 Å². The zero-order valence-electron chi connectivity index (χ0n) is 11.8. The third-order valence-electron chi connectivity index (χ3n) is 3.62. The highest BCUT2D eigenvalue weighted by atomic mass is 32.2. The Balaban J connectivity index is 1.29. The standard InChI is InChI=1S/C16H22N2OS/c1-2-5-14(6-3-1)15-11-18-16(20-15)17-9-4-10-19-12-13-7-8-13/h1-3,5-6,13,15H,4,7-12H2,(H,17,18). The van der Waals surface area contributed by atoms with Crippen molar-refractivity contribution in [1.29, 1.82) is 0 Å². The van der Waals surface area contributed by atoms with E-state index in [-0.39, 0.29) is 0 Å². The molecule has 4 heteroatoms. The molecule has 0 amide bonds. The molecule has 108 valence electrons. The summed E-state index contributed by atoms with van der Waals surface area (Å²) in [7, 11) is 0. The van der Waals surface area contributed by atoms with Gasteiger partial charge in [-0.1, -0.05) is 42.1 Å². The molecule has 3 rings (SSSR count). The second kappa shape index (κ2) is 7.14. The lowest BCUT2D eigenvalue weighted by Gasteiger charge is -2.09. The molecule has 1 aliphatic carbocycles. The Morgan fingerprint density at radius 2 is 2.10 bits per heavy atom. The van der Waals surface area contributed by atoms with Crippen LogP contribution in [0.2, 0.25) is 0 Å². The Kier molecular flexibility index (Phi) is 4.98. The minimum Gasteiger partial charge on any atom is -0.381 e. The Hall–Kier alpha value is -1.00. The van der Waals surface area contributed by atoms with E-state index < -0.39 is 0 Å². The van der Waals surface area contributed by atoms with Crippen LogP contribution in [0.15, 0.2) is 35.3 Å². The molecule has 0 bridgehead atoms. The molecule has 20 heavy (non-hydrogen) atoms. The van der Waals surface area contributed by atoms with Gasteiger partial charge in [-0.25, -0.2) is 0 Å². The summed E-state index contributed by atoms with van der Waals surface area (Å²) in [5.74, 6) is 0.865. The molecule has 2 aliphatic rings. The van der Waals surface area contributed by atoms with Gasteiger partial charge in [0.05, 0.1) is 11.8 Å². The summed E-state index contributed by atoms with van der Waals surface area (Å²) in [5, 5.41) is 4.98. The van der Waals surface area contributed by atoms with Gasteiger partial charge in [-0.15, -0.1) is 0 Å². The van der Waals surface area contributed by atoms with Crippen LogP contribution in [0.3, 0.4) is 0 Å². The Labute approximate surface area is 125 Å². The van der Waals surface area contributed by atoms with E-state index in [1.165, 1.54) is 18.4 Å². The molecule has 1 aliphatic heterocycles. The zero-order valence-corrected chi connectivity index (χ0v) is 12.6. The van der Waals surface area contributed by atoms with Gasteiger partial charge >= 0.3 is 0 Å². The van der Waals surface area contributed by atoms with Crippen LogP contribution < -0.4 is 5.32 Å². The lowest BCUT2D eigenvalue weighted by Crippen LogP contribution is -2.21. The first-order valence-electron chi connectivity index (χ1n) is 7.49. The van der Waals surface area contributed by atoms with Crippen LogP contribution in [0.4, 0.5) is 0 Å². The summed E-state index contributed by atoms with van der Waals surface area (Å²) in [6, 6.07) is 10.6. The van der Waals surface area contributed by atoms with E-state index in [1.807, 2.05) is 11.8 Å². The molecule has 0 aromatic heterocycles. The Bertz CT molecular complexity index is 445. The van der Waals surface area contributed by atoms with E-state index in [2.05, 4.69) is 40.6 Å². The van der Waals surface area contributed by atoms with Crippen molar-refractivity contribution in [3.8, 4) is 0 Å². The van der Waals surface area contributed by atoms with Crippen molar-refractivity contribution in [2.45, 2.75) is 24.5 Å². The Morgan fingerprint density at radius 1 is 1.25 bits per heavy atom. The summed E-state index contributed by atoms with van der Waals surface area (Å²) < 4.78 is 5.63. The van der Waals surface area contributed by atoms with Crippen LogP contribution in [0.5, 0.6) is 0 Å². The summed E-state index contributed by atoms with van der Waals surface area (Å²) in [6.07, 6.45) is 3.79. The molecule has 1 saturated carbocycles. The highest BCUT2D eigenvalue weighted by Crippen LogP contribution is 2.34. The van der Waals surface area contributed by atoms with Crippen LogP contribution in [0.25, 0.3) is 0 Å². The highest BCUT2D eigenvalue weighted by Gasteiger charge is 2.21. The number of hydrogen-bond acceptors (Lipinski definition) is 4. The smallest absolute Gasteiger partial charge is 0.157 e. The van der Waals surface area contributed by atoms with Gasteiger partial charge in [-0.2, -0.15) is 0 Å². The van der Waals surface area contributed by atoms with E-state index in [1.54, 1.807) is 0 Å². The van der Waals surface area contributed by atoms with Crippen molar-refractivity contribution < 1.29 is 4.74 Å². The van der Waals surface area contributed by atoms with Crippen molar-refractivity contribution in [1.82, 2.24) is 5.32 Å². The topological polar surface area (TPSA) is 33.6 Å². The van der Waals surface area contributed by atoms with Gasteiger partial charge in [0.2, 0.25) is 0 Å². The summed E-state index contributed by atoms with van der Waals surface area (Å²) in [4.78, 5) is 4.58. The molecule has 1 unspecified atom stereocenters. The number of benzene rings is 1. The molecule has 0 saturated heterocycles. The Morgan fingerprint density at radius 3 is 2.90 bits per heavy atom. The maximum absolute atomic E-state index is 5.63. The van der Waals surface area contributed by atoms with Crippen molar-refractivity contribution in [3.05, 3.63) is 35.9 Å². The van der Waals surface area contributed by atoms with Crippen molar-refractivity contribution in [2.24, 2.45) is 10.9 Å². The normalized spacial score (nSPS) is 21.8. The average Bonchev–Trinajstić information content (AvgIpc) is 3.20. The zero-order chi connectivity index (χ0) is 13.6. The van der Waals surface area contributed by atoms with Gasteiger partial charge < -0.3 is 10.1 Å². The first-order chi connectivity index (χ1) is 9.92. The third kappa shape index (κ3) is 4.25. The lowest BCUT2D eigenvalue weighted by molar-refractivity contribution is 0.123. The van der Waals surface area contributed by atoms with Crippen LogP contribution in [0, 0.1) is 5.92 Å². The predicted octanol–water partition coefficient (Wildman–Crippen LogP) is 3.24. The molecule has 0 radical (unpaired) electrons. The number of hydrogen-bond donors (Lipinski definition) is 1. The molecule has 1 aromatic carbocycles. The molecule has 1 N–H and O–H groups in total. The molecule has 0 spiro atoms. The van der Waals surface area contributed by atoms with Crippen LogP contribution >= 0.6 is 11.8 Å². The van der Waals surface area contributed by atoms with E-state index in [0.29, 0.717) is 5.25 Å². The predicted molar refractivity (Wildman–Crippen MR) is 85.2 cm³/mol. The molecular formula is C16H22N2OS. The van der Waals surface area contributed by atoms with Gasteiger partial charge in [-0.3, -0.25) is 4.99 Å². The quantitative estimate of drug-likeness (QED) is 0.783. The maximum atomic E-state index is 5.63. The first-order valence-corrected chi connectivity index (χ1v) is 8.37. The van der Waals surface area contributed by atoms with Crippen LogP contribution in [-0.2, 0) is 4.74 Å². The largest absolute Gasteiger partial charge is 0.381 e. The monoisotopic (exact) mass is 290 g/mol. The van der Waals surface area contributed by atoms with Crippen LogP contribution in [0.1, 0.15) is 30.1 Å². The summed E-state index contributed by atoms with van der Waals surface area (Å²) in [6.45, 7) is 3.67. The second-order valence-electron chi connectivity index (χ2n) is 5.46. The van der Waals surface area contributed by atoms with Gasteiger partial charge in [0, 0.05) is 19.8 Å². The number of ether oxygens (including phenoxy) is 1. The number of aliphatic imine (C=N–C) groups is 1. The maximum Gasteiger partial charge on any atom is 0.157 e. The first kappa shape index (κ1) is 14.0. The van der Waals surface area contributed by atoms with Crippen molar-refractivity contribution >= 4 is 16.9 Å². The number of nitrogens with one attached hydrogen (secondary N) is 1. The van der Waals surface area contributed by atoms with E-state index in [0.717, 1.165) is 43.8 Å². The van der Waals surface area contributed by atoms with Gasteiger partial charge in [0.15, 0.2) is 5.17 Å². The fourth-order valence-electron chi connectivity index (χ4n) is 2.22. The highest BCUT2D eigenvalue weighted by molar-refractivity contribution is 8.14. The van der Waals surface area contributed by atoms with E-state index in [4.69, 9.17) is 4.74 Å². The van der Waals surface area contributed by atoms with Crippen molar-refractivity contribution in [3.63, 3.8) is 0 Å². The summed E-state index contributed by atoms with van der Waals surface area (Å²) in [5.41, 5.74) is 1.37. The second-order valence-corrected chi connectivity index (χ2v) is 6.65. The SMILES string of the molecule is c1ccc(C2CN=C(NCCCOCC3CC3)S2)cc1. The van der Waals surface area contributed by atoms with Crippen molar-refractivity contribution in [2.75, 3.05) is 26.3 Å². The number of amidine groups is 1. The number of rotatable bonds is 7. The molecule has 1 atom stereocenters. The molecule has 3 nitrogen and oxygen atoms in total. The van der Waals surface area contributed by atoms with Gasteiger partial charge in [-0.05, 0) is 30.7 Å². The molecule has 1 aromatic rings. The van der Waals surface area contributed by atoms with Gasteiger partial charge in [0.1, 0.15) is 0 Å². The van der Waals surface area contributed by atoms with Crippen LogP contribution in [-0.4, -0.2) is 31.5 Å². The van der Waals surface area contributed by atoms with Gasteiger partial charge in [0.25, 0.3) is 0 Å².